The lowest BCUT2D eigenvalue weighted by molar-refractivity contribution is -0.176. The standard InChI is InChI=1S/C26H30F2N2O5S/c1-17-13-24(22-8-6-20(15-23(22)28)36(32,33)30-10-9-18(27)16-30)29-25-14-19(5-7-21(17)25)34-11-4-12-35-26(2,3)31/h5-8,13-15,18,31H,4,9-12,16H2,1-3H3/t18-/m0/s1. The Morgan fingerprint density at radius 2 is 1.94 bits per heavy atom. The molecule has 7 nitrogen and oxygen atoms in total. The number of pyridine rings is 1. The third-order valence-electron chi connectivity index (χ3n) is 5.95. The van der Waals surface area contributed by atoms with Crippen LogP contribution in [0.25, 0.3) is 22.2 Å². The van der Waals surface area contributed by atoms with Crippen molar-refractivity contribution in [1.29, 1.82) is 0 Å². The minimum atomic E-state index is -3.97. The first-order chi connectivity index (χ1) is 16.9. The van der Waals surface area contributed by atoms with E-state index in [-0.39, 0.29) is 30.0 Å². The number of nitrogens with zero attached hydrogens (tertiary/aromatic N) is 2. The maximum absolute atomic E-state index is 15.1. The van der Waals surface area contributed by atoms with E-state index in [1.807, 2.05) is 19.1 Å². The molecule has 0 saturated carbocycles. The van der Waals surface area contributed by atoms with Crippen LogP contribution >= 0.6 is 0 Å². The number of rotatable bonds is 9. The molecule has 0 spiro atoms. The molecule has 4 rings (SSSR count). The molecule has 1 fully saturated rings. The van der Waals surface area contributed by atoms with Gasteiger partial charge in [0.15, 0.2) is 5.79 Å². The summed E-state index contributed by atoms with van der Waals surface area (Å²) in [7, 11) is -3.97. The zero-order valence-corrected chi connectivity index (χ0v) is 21.3. The molecule has 1 atom stereocenters. The van der Waals surface area contributed by atoms with E-state index in [9.17, 15) is 17.9 Å². The highest BCUT2D eigenvalue weighted by atomic mass is 32.2. The van der Waals surface area contributed by atoms with Crippen molar-refractivity contribution in [3.63, 3.8) is 0 Å². The number of benzene rings is 2. The molecule has 1 aromatic heterocycles. The highest BCUT2D eigenvalue weighted by Gasteiger charge is 2.33. The molecule has 194 valence electrons. The molecule has 0 aliphatic carbocycles. The van der Waals surface area contributed by atoms with Crippen molar-refractivity contribution in [3.05, 3.63) is 53.8 Å². The number of halogens is 2. The Bertz CT molecular complexity index is 1360. The number of hydrogen-bond donors (Lipinski definition) is 1. The summed E-state index contributed by atoms with van der Waals surface area (Å²) in [4.78, 5) is 4.39. The number of sulfonamides is 1. The number of alkyl halides is 1. The number of aromatic nitrogens is 1. The van der Waals surface area contributed by atoms with Crippen molar-refractivity contribution in [1.82, 2.24) is 9.29 Å². The summed E-state index contributed by atoms with van der Waals surface area (Å²) in [6.07, 6.45) is -0.484. The lowest BCUT2D eigenvalue weighted by Crippen LogP contribution is -2.29. The van der Waals surface area contributed by atoms with Crippen LogP contribution in [-0.2, 0) is 14.8 Å². The van der Waals surface area contributed by atoms with E-state index in [4.69, 9.17) is 9.47 Å². The SMILES string of the molecule is Cc1cc(-c2ccc(S(=O)(=O)N3CC[C@H](F)C3)cc2F)nc2cc(OCCCOC(C)(C)O)ccc12. The summed E-state index contributed by atoms with van der Waals surface area (Å²) in [5.74, 6) is -1.32. The van der Waals surface area contributed by atoms with Gasteiger partial charge >= 0.3 is 0 Å². The zero-order chi connectivity index (χ0) is 26.1. The molecule has 1 aliphatic rings. The number of aryl methyl sites for hydroxylation is 1. The molecular formula is C26H30F2N2O5S. The van der Waals surface area contributed by atoms with Crippen LogP contribution in [0.4, 0.5) is 8.78 Å². The molecule has 1 aliphatic heterocycles. The van der Waals surface area contributed by atoms with Gasteiger partial charge in [-0.15, -0.1) is 0 Å². The quantitative estimate of drug-likeness (QED) is 0.328. The molecule has 10 heteroatoms. The number of aliphatic hydroxyl groups is 1. The Morgan fingerprint density at radius 3 is 2.61 bits per heavy atom. The molecule has 1 saturated heterocycles. The Kier molecular flexibility index (Phi) is 7.61. The van der Waals surface area contributed by atoms with E-state index < -0.39 is 27.8 Å². The molecule has 1 N–H and O–H groups in total. The van der Waals surface area contributed by atoms with E-state index in [2.05, 4.69) is 4.98 Å². The first-order valence-electron chi connectivity index (χ1n) is 11.8. The van der Waals surface area contributed by atoms with Gasteiger partial charge in [-0.05, 0) is 69.2 Å². The fourth-order valence-electron chi connectivity index (χ4n) is 4.10. The third-order valence-corrected chi connectivity index (χ3v) is 7.81. The van der Waals surface area contributed by atoms with Crippen molar-refractivity contribution >= 4 is 20.9 Å². The zero-order valence-electron chi connectivity index (χ0n) is 20.5. The molecular weight excluding hydrogens is 490 g/mol. The average Bonchev–Trinajstić information content (AvgIpc) is 3.25. The predicted octanol–water partition coefficient (Wildman–Crippen LogP) is 4.60. The van der Waals surface area contributed by atoms with E-state index >= 15 is 4.39 Å². The average molecular weight is 521 g/mol. The minimum Gasteiger partial charge on any atom is -0.493 e. The Balaban J connectivity index is 1.55. The normalized spacial score (nSPS) is 17.1. The van der Waals surface area contributed by atoms with Crippen molar-refractivity contribution in [2.24, 2.45) is 0 Å². The number of fused-ring (bicyclic) bond motifs is 1. The van der Waals surface area contributed by atoms with Crippen LogP contribution in [0, 0.1) is 12.7 Å². The van der Waals surface area contributed by atoms with E-state index in [0.29, 0.717) is 36.6 Å². The van der Waals surface area contributed by atoms with Gasteiger partial charge in [-0.25, -0.2) is 22.2 Å². The first-order valence-corrected chi connectivity index (χ1v) is 13.2. The second-order valence-corrected chi connectivity index (χ2v) is 11.3. The Labute approximate surface area is 209 Å². The predicted molar refractivity (Wildman–Crippen MR) is 133 cm³/mol. The summed E-state index contributed by atoms with van der Waals surface area (Å²) in [6.45, 7) is 5.60. The largest absolute Gasteiger partial charge is 0.493 e. The van der Waals surface area contributed by atoms with Gasteiger partial charge in [-0.2, -0.15) is 4.31 Å². The second kappa shape index (κ2) is 10.4. The van der Waals surface area contributed by atoms with Crippen molar-refractivity contribution < 1.29 is 31.8 Å². The summed E-state index contributed by atoms with van der Waals surface area (Å²) >= 11 is 0. The highest BCUT2D eigenvalue weighted by molar-refractivity contribution is 7.89. The first kappa shape index (κ1) is 26.4. The van der Waals surface area contributed by atoms with Gasteiger partial charge in [-0.1, -0.05) is 0 Å². The van der Waals surface area contributed by atoms with Gasteiger partial charge in [0.25, 0.3) is 0 Å². The molecule has 0 unspecified atom stereocenters. The van der Waals surface area contributed by atoms with Crippen LogP contribution in [-0.4, -0.2) is 61.1 Å². The van der Waals surface area contributed by atoms with Crippen LogP contribution in [0.15, 0.2) is 47.4 Å². The van der Waals surface area contributed by atoms with Gasteiger partial charge in [0.2, 0.25) is 10.0 Å². The fourth-order valence-corrected chi connectivity index (χ4v) is 5.59. The van der Waals surface area contributed by atoms with E-state index in [0.717, 1.165) is 21.3 Å². The Morgan fingerprint density at radius 1 is 1.17 bits per heavy atom. The smallest absolute Gasteiger partial charge is 0.243 e. The lowest BCUT2D eigenvalue weighted by atomic mass is 10.0. The van der Waals surface area contributed by atoms with Crippen molar-refractivity contribution in [2.45, 2.75) is 50.5 Å². The molecule has 2 heterocycles. The molecule has 2 aromatic carbocycles. The molecule has 36 heavy (non-hydrogen) atoms. The summed E-state index contributed by atoms with van der Waals surface area (Å²) in [5, 5.41) is 10.5. The van der Waals surface area contributed by atoms with Crippen molar-refractivity contribution in [3.8, 4) is 17.0 Å². The van der Waals surface area contributed by atoms with E-state index in [1.165, 1.54) is 12.1 Å². The summed E-state index contributed by atoms with van der Waals surface area (Å²) in [5.41, 5.74) is 2.01. The highest BCUT2D eigenvalue weighted by Crippen LogP contribution is 2.31. The topological polar surface area (TPSA) is 89.0 Å². The van der Waals surface area contributed by atoms with Crippen LogP contribution in [0.5, 0.6) is 5.75 Å². The second-order valence-electron chi connectivity index (χ2n) is 9.39. The van der Waals surface area contributed by atoms with Crippen LogP contribution in [0.2, 0.25) is 0 Å². The minimum absolute atomic E-state index is 0.0785. The number of hydrogen-bond acceptors (Lipinski definition) is 6. The van der Waals surface area contributed by atoms with Crippen molar-refractivity contribution in [2.75, 3.05) is 26.3 Å². The maximum Gasteiger partial charge on any atom is 0.243 e. The molecule has 3 aromatic rings. The van der Waals surface area contributed by atoms with Gasteiger partial charge in [-0.3, -0.25) is 0 Å². The molecule has 0 radical (unpaired) electrons. The van der Waals surface area contributed by atoms with Gasteiger partial charge in [0, 0.05) is 36.5 Å². The monoisotopic (exact) mass is 520 g/mol. The summed E-state index contributed by atoms with van der Waals surface area (Å²) < 4.78 is 66.2. The lowest BCUT2D eigenvalue weighted by Gasteiger charge is -2.18. The van der Waals surface area contributed by atoms with Crippen LogP contribution in [0.1, 0.15) is 32.3 Å². The van der Waals surface area contributed by atoms with E-state index in [1.54, 1.807) is 26.0 Å². The fraction of sp³-hybridized carbons (Fsp3) is 0.423. The molecule has 0 amide bonds. The van der Waals surface area contributed by atoms with Gasteiger partial charge < -0.3 is 14.6 Å². The van der Waals surface area contributed by atoms with Gasteiger partial charge in [0.1, 0.15) is 17.7 Å². The third kappa shape index (κ3) is 6.00. The van der Waals surface area contributed by atoms with Crippen LogP contribution in [0.3, 0.4) is 0 Å². The number of ether oxygens (including phenoxy) is 2. The van der Waals surface area contributed by atoms with Crippen LogP contribution < -0.4 is 4.74 Å². The molecule has 0 bridgehead atoms. The maximum atomic E-state index is 15.1. The summed E-state index contributed by atoms with van der Waals surface area (Å²) in [6, 6.07) is 10.9. The Hall–Kier alpha value is -2.66. The van der Waals surface area contributed by atoms with Gasteiger partial charge in [0.05, 0.1) is 29.3 Å².